The molecular formula is C26H42O4. The van der Waals surface area contributed by atoms with Gasteiger partial charge in [0.15, 0.2) is 0 Å². The second-order valence-electron chi connectivity index (χ2n) is 8.87. The summed E-state index contributed by atoms with van der Waals surface area (Å²) in [6, 6.07) is 8.09. The van der Waals surface area contributed by atoms with E-state index in [0.29, 0.717) is 24.7 Å². The minimum absolute atomic E-state index is 0.0333. The molecular weight excluding hydrogens is 376 g/mol. The van der Waals surface area contributed by atoms with Crippen LogP contribution in [-0.2, 0) is 9.53 Å². The lowest BCUT2D eigenvalue weighted by molar-refractivity contribution is -0.141. The summed E-state index contributed by atoms with van der Waals surface area (Å²) >= 11 is 0. The van der Waals surface area contributed by atoms with Gasteiger partial charge in [-0.15, -0.1) is 0 Å². The summed E-state index contributed by atoms with van der Waals surface area (Å²) in [6.45, 7) is 5.30. The highest BCUT2D eigenvalue weighted by Gasteiger charge is 2.28. The van der Waals surface area contributed by atoms with Crippen LogP contribution in [0, 0.1) is 5.92 Å². The van der Waals surface area contributed by atoms with Gasteiger partial charge in [0.05, 0.1) is 12.0 Å². The number of rotatable bonds is 14. The molecule has 0 heterocycles. The Kier molecular flexibility index (Phi) is 12.1. The number of benzene rings is 1. The van der Waals surface area contributed by atoms with Gasteiger partial charge in [-0.05, 0) is 62.1 Å². The molecule has 4 heteroatoms. The highest BCUT2D eigenvalue weighted by molar-refractivity contribution is 5.75. The van der Waals surface area contributed by atoms with Crippen molar-refractivity contribution < 1.29 is 19.4 Å². The zero-order valence-electron chi connectivity index (χ0n) is 19.1. The van der Waals surface area contributed by atoms with E-state index in [1.165, 1.54) is 50.5 Å². The van der Waals surface area contributed by atoms with Gasteiger partial charge < -0.3 is 14.6 Å². The van der Waals surface area contributed by atoms with E-state index < -0.39 is 0 Å². The number of ether oxygens (including phenoxy) is 2. The number of hydrogen-bond acceptors (Lipinski definition) is 4. The Morgan fingerprint density at radius 3 is 2.33 bits per heavy atom. The highest BCUT2D eigenvalue weighted by atomic mass is 16.5. The van der Waals surface area contributed by atoms with E-state index in [9.17, 15) is 4.79 Å². The van der Waals surface area contributed by atoms with Crippen LogP contribution in [0.15, 0.2) is 24.3 Å². The van der Waals surface area contributed by atoms with Crippen LogP contribution in [0.2, 0.25) is 0 Å². The predicted octanol–water partition coefficient (Wildman–Crippen LogP) is 6.40. The van der Waals surface area contributed by atoms with Crippen LogP contribution in [0.25, 0.3) is 0 Å². The van der Waals surface area contributed by atoms with E-state index in [0.717, 1.165) is 25.7 Å². The largest absolute Gasteiger partial charge is 0.426 e. The predicted molar refractivity (Wildman–Crippen MR) is 122 cm³/mol. The van der Waals surface area contributed by atoms with E-state index in [-0.39, 0.29) is 24.6 Å². The van der Waals surface area contributed by atoms with E-state index in [4.69, 9.17) is 14.6 Å². The number of hydrogen-bond donors (Lipinski definition) is 1. The van der Waals surface area contributed by atoms with Gasteiger partial charge in [0.2, 0.25) is 0 Å². The Labute approximate surface area is 183 Å². The molecule has 1 aliphatic carbocycles. The minimum Gasteiger partial charge on any atom is -0.426 e. The molecule has 0 amide bonds. The summed E-state index contributed by atoms with van der Waals surface area (Å²) in [4.78, 5) is 12.5. The molecule has 0 saturated heterocycles. The smallest absolute Gasteiger partial charge is 0.314 e. The molecule has 2 rings (SSSR count). The molecule has 0 aliphatic heterocycles. The molecule has 0 bridgehead atoms. The fraction of sp³-hybridized carbons (Fsp3) is 0.731. The van der Waals surface area contributed by atoms with Crippen molar-refractivity contribution in [2.45, 2.75) is 103 Å². The monoisotopic (exact) mass is 418 g/mol. The van der Waals surface area contributed by atoms with Crippen molar-refractivity contribution in [1.29, 1.82) is 0 Å². The third-order valence-corrected chi connectivity index (χ3v) is 6.32. The van der Waals surface area contributed by atoms with Crippen molar-refractivity contribution in [3.63, 3.8) is 0 Å². The first-order valence-electron chi connectivity index (χ1n) is 12.2. The van der Waals surface area contributed by atoms with Crippen molar-refractivity contribution in [3.05, 3.63) is 29.8 Å². The first-order valence-corrected chi connectivity index (χ1v) is 12.2. The molecule has 1 aliphatic rings. The van der Waals surface area contributed by atoms with Crippen LogP contribution < -0.4 is 4.74 Å². The lowest BCUT2D eigenvalue weighted by Gasteiger charge is -2.27. The normalized spacial score (nSPS) is 20.1. The molecule has 1 fully saturated rings. The second kappa shape index (κ2) is 14.6. The van der Waals surface area contributed by atoms with Crippen LogP contribution in [0.1, 0.15) is 102 Å². The molecule has 0 radical (unpaired) electrons. The van der Waals surface area contributed by atoms with Gasteiger partial charge >= 0.3 is 5.97 Å². The maximum absolute atomic E-state index is 12.5. The summed E-state index contributed by atoms with van der Waals surface area (Å²) in [6.07, 6.45) is 13.5. The van der Waals surface area contributed by atoms with Crippen molar-refractivity contribution in [2.24, 2.45) is 5.92 Å². The first-order chi connectivity index (χ1) is 14.6. The topological polar surface area (TPSA) is 55.8 Å². The third-order valence-electron chi connectivity index (χ3n) is 6.32. The van der Waals surface area contributed by atoms with E-state index in [1.807, 2.05) is 12.1 Å². The Hall–Kier alpha value is -1.39. The maximum atomic E-state index is 12.5. The van der Waals surface area contributed by atoms with Crippen LogP contribution >= 0.6 is 0 Å². The van der Waals surface area contributed by atoms with Crippen molar-refractivity contribution in [3.8, 4) is 5.75 Å². The van der Waals surface area contributed by atoms with Gasteiger partial charge in [0, 0.05) is 13.2 Å². The fourth-order valence-electron chi connectivity index (χ4n) is 4.24. The molecule has 1 unspecified atom stereocenters. The maximum Gasteiger partial charge on any atom is 0.314 e. The summed E-state index contributed by atoms with van der Waals surface area (Å²) < 4.78 is 11.4. The number of esters is 1. The first kappa shape index (κ1) is 24.9. The molecule has 0 aromatic heterocycles. The second-order valence-corrected chi connectivity index (χ2v) is 8.87. The van der Waals surface area contributed by atoms with Gasteiger partial charge in [-0.1, -0.05) is 64.5 Å². The lowest BCUT2D eigenvalue weighted by Crippen LogP contribution is -2.29. The van der Waals surface area contributed by atoms with E-state index in [1.54, 1.807) is 0 Å². The number of unbranched alkanes of at least 4 members (excludes halogenated alkanes) is 5. The Morgan fingerprint density at radius 1 is 1.00 bits per heavy atom. The molecule has 1 N–H and O–H groups in total. The fourth-order valence-corrected chi connectivity index (χ4v) is 4.24. The summed E-state index contributed by atoms with van der Waals surface area (Å²) in [5.41, 5.74) is 1.32. The van der Waals surface area contributed by atoms with Gasteiger partial charge in [-0.25, -0.2) is 0 Å². The summed E-state index contributed by atoms with van der Waals surface area (Å²) in [7, 11) is 0. The molecule has 30 heavy (non-hydrogen) atoms. The number of carbonyl (C=O) groups is 1. The molecule has 4 nitrogen and oxygen atoms in total. The zero-order valence-corrected chi connectivity index (χ0v) is 19.1. The molecule has 1 atom stereocenters. The summed E-state index contributed by atoms with van der Waals surface area (Å²) in [5.74, 6) is 1.05. The zero-order chi connectivity index (χ0) is 21.6. The average molecular weight is 419 g/mol. The molecule has 0 spiro atoms. The third kappa shape index (κ3) is 9.18. The van der Waals surface area contributed by atoms with Crippen molar-refractivity contribution >= 4 is 5.97 Å². The SMILES string of the molecule is CCCCCCCCC(C)c1ccc(OC(=O)C2CCC(OCCCO)CC2)cc1. The summed E-state index contributed by atoms with van der Waals surface area (Å²) in [5, 5.41) is 8.83. The number of carbonyl (C=O) groups excluding carboxylic acids is 1. The van der Waals surface area contributed by atoms with E-state index in [2.05, 4.69) is 26.0 Å². The van der Waals surface area contributed by atoms with Gasteiger partial charge in [0.1, 0.15) is 5.75 Å². The van der Waals surface area contributed by atoms with Crippen LogP contribution in [-0.4, -0.2) is 30.4 Å². The number of aliphatic hydroxyl groups excluding tert-OH is 1. The number of aliphatic hydroxyl groups is 1. The van der Waals surface area contributed by atoms with Crippen molar-refractivity contribution in [2.75, 3.05) is 13.2 Å². The van der Waals surface area contributed by atoms with Crippen LogP contribution in [0.4, 0.5) is 0 Å². The van der Waals surface area contributed by atoms with Crippen LogP contribution in [0.3, 0.4) is 0 Å². The molecule has 1 saturated carbocycles. The standard InChI is InChI=1S/C26H42O4/c1-3-4-5-6-7-8-10-21(2)22-11-17-25(18-12-22)30-26(28)23-13-15-24(16-14-23)29-20-9-19-27/h11-12,17-18,21,23-24,27H,3-10,13-16,19-20H2,1-2H3. The Balaban J connectivity index is 1.68. The van der Waals surface area contributed by atoms with Gasteiger partial charge in [-0.2, -0.15) is 0 Å². The van der Waals surface area contributed by atoms with E-state index >= 15 is 0 Å². The van der Waals surface area contributed by atoms with Crippen LogP contribution in [0.5, 0.6) is 5.75 Å². The molecule has 1 aromatic carbocycles. The van der Waals surface area contributed by atoms with Gasteiger partial charge in [0.25, 0.3) is 0 Å². The average Bonchev–Trinajstić information content (AvgIpc) is 2.77. The lowest BCUT2D eigenvalue weighted by atomic mass is 9.87. The Morgan fingerprint density at radius 2 is 1.67 bits per heavy atom. The van der Waals surface area contributed by atoms with Crippen molar-refractivity contribution in [1.82, 2.24) is 0 Å². The highest BCUT2D eigenvalue weighted by Crippen LogP contribution is 2.29. The minimum atomic E-state index is -0.114. The van der Waals surface area contributed by atoms with Gasteiger partial charge in [-0.3, -0.25) is 4.79 Å². The Bertz CT molecular complexity index is 575. The quantitative estimate of drug-likeness (QED) is 0.216. The molecule has 170 valence electrons. The molecule has 1 aromatic rings.